The molecule has 1 atom stereocenters. The van der Waals surface area contributed by atoms with Gasteiger partial charge in [0.15, 0.2) is 0 Å². The van der Waals surface area contributed by atoms with Crippen molar-refractivity contribution in [2.24, 2.45) is 0 Å². The van der Waals surface area contributed by atoms with Gasteiger partial charge in [-0.05, 0) is 24.5 Å². The number of imidazole rings is 1. The third kappa shape index (κ3) is 3.21. The van der Waals surface area contributed by atoms with Crippen molar-refractivity contribution in [3.05, 3.63) is 40.8 Å². The lowest BCUT2D eigenvalue weighted by molar-refractivity contribution is 0.0209. The molecule has 0 spiro atoms. The molecular formula is C14H17BBrN3O2. The van der Waals surface area contributed by atoms with Gasteiger partial charge in [-0.2, -0.15) is 0 Å². The van der Waals surface area contributed by atoms with E-state index in [1.54, 1.807) is 6.82 Å². The van der Waals surface area contributed by atoms with Crippen molar-refractivity contribution < 1.29 is 9.76 Å². The van der Waals surface area contributed by atoms with Crippen molar-refractivity contribution in [2.75, 3.05) is 19.8 Å². The number of nitrogens with zero attached hydrogens (tertiary/aromatic N) is 2. The zero-order chi connectivity index (χ0) is 14.8. The summed E-state index contributed by atoms with van der Waals surface area (Å²) in [6, 6.07) is 8.03. The van der Waals surface area contributed by atoms with Gasteiger partial charge in [-0.1, -0.05) is 28.1 Å². The van der Waals surface area contributed by atoms with Crippen LogP contribution in [0.3, 0.4) is 0 Å². The van der Waals surface area contributed by atoms with Crippen LogP contribution in [0.4, 0.5) is 0 Å². The summed E-state index contributed by atoms with van der Waals surface area (Å²) in [7, 11) is -0.514. The number of hydrogen-bond donors (Lipinski definition) is 2. The molecule has 0 amide bonds. The Morgan fingerprint density at radius 3 is 2.90 bits per heavy atom. The van der Waals surface area contributed by atoms with Crippen LogP contribution in [0, 0.1) is 0 Å². The van der Waals surface area contributed by atoms with Crippen molar-refractivity contribution in [3.63, 3.8) is 0 Å². The third-order valence-corrected chi connectivity index (χ3v) is 4.24. The largest absolute Gasteiger partial charge is 0.437 e. The molecule has 1 aromatic carbocycles. The van der Waals surface area contributed by atoms with Crippen molar-refractivity contribution >= 4 is 23.0 Å². The van der Waals surface area contributed by atoms with Crippen LogP contribution in [0.2, 0.25) is 6.82 Å². The van der Waals surface area contributed by atoms with Crippen molar-refractivity contribution in [1.29, 1.82) is 0 Å². The zero-order valence-corrected chi connectivity index (χ0v) is 13.4. The number of halogens is 1. The summed E-state index contributed by atoms with van der Waals surface area (Å²) in [6.45, 7) is 3.66. The fourth-order valence-electron chi connectivity index (χ4n) is 2.58. The lowest BCUT2D eigenvalue weighted by atomic mass is 9.82. The number of ether oxygens (including phenoxy) is 1. The highest BCUT2D eigenvalue weighted by molar-refractivity contribution is 9.10. The minimum atomic E-state index is -0.514. The van der Waals surface area contributed by atoms with Gasteiger partial charge in [0.25, 0.3) is 0 Å². The zero-order valence-electron chi connectivity index (χ0n) is 11.8. The SMILES string of the molecule is CB(O)N1CCOC[C@H]1c1ncc(-c2ccc(Br)cc2)[nH]1. The van der Waals surface area contributed by atoms with E-state index in [0.717, 1.165) is 21.6 Å². The second kappa shape index (κ2) is 6.31. The van der Waals surface area contributed by atoms with E-state index in [4.69, 9.17) is 4.74 Å². The molecule has 1 aliphatic heterocycles. The molecular weight excluding hydrogens is 333 g/mol. The normalized spacial score (nSPS) is 19.7. The first kappa shape index (κ1) is 14.8. The van der Waals surface area contributed by atoms with E-state index in [-0.39, 0.29) is 6.04 Å². The summed E-state index contributed by atoms with van der Waals surface area (Å²) in [5, 5.41) is 9.89. The quantitative estimate of drug-likeness (QED) is 0.835. The predicted molar refractivity (Wildman–Crippen MR) is 85.8 cm³/mol. The average molecular weight is 350 g/mol. The highest BCUT2D eigenvalue weighted by atomic mass is 79.9. The van der Waals surface area contributed by atoms with Crippen LogP contribution in [0.15, 0.2) is 34.9 Å². The molecule has 0 unspecified atom stereocenters. The van der Waals surface area contributed by atoms with Gasteiger partial charge in [0.05, 0.1) is 31.1 Å². The van der Waals surface area contributed by atoms with Crippen LogP contribution in [-0.2, 0) is 4.74 Å². The number of H-pyrrole nitrogens is 1. The highest BCUT2D eigenvalue weighted by Gasteiger charge is 2.31. The lowest BCUT2D eigenvalue weighted by Crippen LogP contribution is -2.47. The topological polar surface area (TPSA) is 61.4 Å². The minimum absolute atomic E-state index is 0.0389. The fraction of sp³-hybridized carbons (Fsp3) is 0.357. The maximum atomic E-state index is 9.89. The summed E-state index contributed by atoms with van der Waals surface area (Å²) >= 11 is 3.43. The summed E-state index contributed by atoms with van der Waals surface area (Å²) in [6.07, 6.45) is 1.83. The molecule has 0 aliphatic carbocycles. The maximum Gasteiger partial charge on any atom is 0.377 e. The Hall–Kier alpha value is -1.15. The molecule has 21 heavy (non-hydrogen) atoms. The number of aromatic nitrogens is 2. The van der Waals surface area contributed by atoms with Crippen LogP contribution in [0.5, 0.6) is 0 Å². The van der Waals surface area contributed by atoms with Crippen LogP contribution in [0.1, 0.15) is 11.9 Å². The molecule has 1 aromatic heterocycles. The Balaban J connectivity index is 1.85. The van der Waals surface area contributed by atoms with Crippen molar-refractivity contribution in [2.45, 2.75) is 12.9 Å². The molecule has 1 fully saturated rings. The number of rotatable bonds is 3. The van der Waals surface area contributed by atoms with Gasteiger partial charge < -0.3 is 19.6 Å². The van der Waals surface area contributed by atoms with Gasteiger partial charge in [-0.25, -0.2) is 4.98 Å². The lowest BCUT2D eigenvalue weighted by Gasteiger charge is -2.35. The molecule has 5 nitrogen and oxygen atoms in total. The second-order valence-corrected chi connectivity index (χ2v) is 6.07. The minimum Gasteiger partial charge on any atom is -0.437 e. The summed E-state index contributed by atoms with van der Waals surface area (Å²) in [5.74, 6) is 0.827. The monoisotopic (exact) mass is 349 g/mol. The number of aromatic amines is 1. The molecule has 7 heteroatoms. The van der Waals surface area contributed by atoms with E-state index < -0.39 is 7.05 Å². The van der Waals surface area contributed by atoms with Gasteiger partial charge >= 0.3 is 7.05 Å². The van der Waals surface area contributed by atoms with Crippen LogP contribution in [-0.4, -0.2) is 46.6 Å². The highest BCUT2D eigenvalue weighted by Crippen LogP contribution is 2.26. The number of hydrogen-bond acceptors (Lipinski definition) is 4. The molecule has 2 heterocycles. The van der Waals surface area contributed by atoms with Gasteiger partial charge in [0.2, 0.25) is 0 Å². The van der Waals surface area contributed by atoms with E-state index in [0.29, 0.717) is 19.8 Å². The Morgan fingerprint density at radius 2 is 2.19 bits per heavy atom. The predicted octanol–water partition coefficient (Wildman–Crippen LogP) is 2.32. The van der Waals surface area contributed by atoms with Gasteiger partial charge in [0.1, 0.15) is 5.82 Å². The molecule has 3 rings (SSSR count). The van der Waals surface area contributed by atoms with E-state index >= 15 is 0 Å². The molecule has 2 aromatic rings. The first-order valence-electron chi connectivity index (χ1n) is 6.97. The first-order chi connectivity index (χ1) is 10.1. The molecule has 0 saturated carbocycles. The summed E-state index contributed by atoms with van der Waals surface area (Å²) in [5.41, 5.74) is 2.05. The van der Waals surface area contributed by atoms with E-state index in [9.17, 15) is 5.02 Å². The summed E-state index contributed by atoms with van der Waals surface area (Å²) in [4.78, 5) is 9.81. The van der Waals surface area contributed by atoms with Gasteiger partial charge in [0, 0.05) is 11.0 Å². The molecule has 0 radical (unpaired) electrons. The summed E-state index contributed by atoms with van der Waals surface area (Å²) < 4.78 is 6.58. The van der Waals surface area contributed by atoms with Gasteiger partial charge in [-0.15, -0.1) is 0 Å². The first-order valence-corrected chi connectivity index (χ1v) is 7.77. The molecule has 110 valence electrons. The fourth-order valence-corrected chi connectivity index (χ4v) is 2.85. The molecule has 0 bridgehead atoms. The third-order valence-electron chi connectivity index (χ3n) is 3.72. The number of nitrogens with one attached hydrogen (secondary N) is 1. The van der Waals surface area contributed by atoms with Crippen LogP contribution < -0.4 is 0 Å². The Morgan fingerprint density at radius 1 is 1.43 bits per heavy atom. The van der Waals surface area contributed by atoms with Crippen LogP contribution in [0.25, 0.3) is 11.3 Å². The molecule has 1 saturated heterocycles. The Labute approximate surface area is 132 Å². The van der Waals surface area contributed by atoms with E-state index in [2.05, 4.69) is 25.9 Å². The molecule has 2 N–H and O–H groups in total. The van der Waals surface area contributed by atoms with E-state index in [1.807, 2.05) is 35.3 Å². The van der Waals surface area contributed by atoms with Crippen LogP contribution >= 0.6 is 15.9 Å². The van der Waals surface area contributed by atoms with E-state index in [1.165, 1.54) is 0 Å². The maximum absolute atomic E-state index is 9.89. The van der Waals surface area contributed by atoms with Crippen molar-refractivity contribution in [1.82, 2.24) is 14.8 Å². The van der Waals surface area contributed by atoms with Crippen molar-refractivity contribution in [3.8, 4) is 11.3 Å². The number of benzene rings is 1. The second-order valence-electron chi connectivity index (χ2n) is 5.15. The number of morpholine rings is 1. The Bertz CT molecular complexity index is 603. The smallest absolute Gasteiger partial charge is 0.377 e. The average Bonchev–Trinajstić information content (AvgIpc) is 2.97. The Kier molecular flexibility index (Phi) is 4.44. The molecule has 1 aliphatic rings. The van der Waals surface area contributed by atoms with Gasteiger partial charge in [-0.3, -0.25) is 0 Å². The standard InChI is InChI=1S/C14H17BBrN3O2/c1-15(20)19-6-7-21-9-13(19)14-17-8-12(18-14)10-2-4-11(16)5-3-10/h2-5,8,13,20H,6-7,9H2,1H3,(H,17,18)/t13-/m0/s1.